The van der Waals surface area contributed by atoms with Crippen molar-refractivity contribution < 1.29 is 27.9 Å². The van der Waals surface area contributed by atoms with Crippen LogP contribution in [0.2, 0.25) is 0 Å². The molecule has 1 atom stereocenters. The zero-order valence-corrected chi connectivity index (χ0v) is 15.9. The molecule has 4 N–H and O–H groups in total. The first-order chi connectivity index (χ1) is 13.1. The van der Waals surface area contributed by atoms with E-state index in [0.29, 0.717) is 5.56 Å². The molecule has 0 saturated carbocycles. The second-order valence-corrected chi connectivity index (χ2v) is 7.60. The number of hydrogen-bond donors (Lipinski definition) is 4. The Morgan fingerprint density at radius 3 is 2.14 bits per heavy atom. The number of phenols is 1. The Morgan fingerprint density at radius 1 is 0.964 bits per heavy atom. The lowest BCUT2D eigenvalue weighted by atomic mass is 10.2. The summed E-state index contributed by atoms with van der Waals surface area (Å²) in [4.78, 5) is 35.1. The van der Waals surface area contributed by atoms with Crippen molar-refractivity contribution in [3.63, 3.8) is 0 Å². The minimum Gasteiger partial charge on any atom is -0.507 e. The van der Waals surface area contributed by atoms with Crippen LogP contribution in [0.15, 0.2) is 53.4 Å². The van der Waals surface area contributed by atoms with Gasteiger partial charge in [0.15, 0.2) is 5.78 Å². The summed E-state index contributed by atoms with van der Waals surface area (Å²) < 4.78 is 26.8. The molecule has 2 amide bonds. The maximum Gasteiger partial charge on any atom is 0.273 e. The summed E-state index contributed by atoms with van der Waals surface area (Å²) in [7, 11) is -4.02. The number of hydrogen-bond acceptors (Lipinski definition) is 6. The lowest BCUT2D eigenvalue weighted by molar-refractivity contribution is -0.123. The van der Waals surface area contributed by atoms with E-state index in [1.165, 1.54) is 62.4 Å². The lowest BCUT2D eigenvalue weighted by Gasteiger charge is -2.15. The van der Waals surface area contributed by atoms with E-state index in [1.54, 1.807) is 0 Å². The number of benzene rings is 2. The SMILES string of the molecule is CC(=O)c1ccc(S(=O)(=O)N[C@@H](C)C(=O)NNC(=O)c2ccccc2O)cc1. The van der Waals surface area contributed by atoms with E-state index >= 15 is 0 Å². The van der Waals surface area contributed by atoms with Crippen molar-refractivity contribution in [1.82, 2.24) is 15.6 Å². The predicted molar refractivity (Wildman–Crippen MR) is 99.9 cm³/mol. The van der Waals surface area contributed by atoms with Crippen molar-refractivity contribution in [2.24, 2.45) is 0 Å². The van der Waals surface area contributed by atoms with Crippen LogP contribution in [0.25, 0.3) is 0 Å². The van der Waals surface area contributed by atoms with Crippen molar-refractivity contribution in [2.45, 2.75) is 24.8 Å². The number of nitrogens with one attached hydrogen (secondary N) is 3. The molecule has 2 rings (SSSR count). The van der Waals surface area contributed by atoms with Crippen molar-refractivity contribution in [3.05, 3.63) is 59.7 Å². The Labute approximate surface area is 161 Å². The van der Waals surface area contributed by atoms with Crippen molar-refractivity contribution in [3.8, 4) is 5.75 Å². The van der Waals surface area contributed by atoms with Crippen LogP contribution < -0.4 is 15.6 Å². The zero-order valence-electron chi connectivity index (χ0n) is 15.1. The van der Waals surface area contributed by atoms with Crippen LogP contribution in [-0.4, -0.2) is 37.2 Å². The van der Waals surface area contributed by atoms with Gasteiger partial charge in [0.25, 0.3) is 11.8 Å². The third-order valence-corrected chi connectivity index (χ3v) is 5.30. The minimum atomic E-state index is -4.02. The summed E-state index contributed by atoms with van der Waals surface area (Å²) >= 11 is 0. The van der Waals surface area contributed by atoms with Crippen LogP contribution in [0.3, 0.4) is 0 Å². The van der Waals surface area contributed by atoms with Gasteiger partial charge in [-0.3, -0.25) is 25.2 Å². The molecule has 0 unspecified atom stereocenters. The highest BCUT2D eigenvalue weighted by molar-refractivity contribution is 7.89. The molecule has 0 aliphatic carbocycles. The molecular formula is C18H19N3O6S. The smallest absolute Gasteiger partial charge is 0.273 e. The molecule has 2 aromatic rings. The molecule has 0 heterocycles. The molecule has 148 valence electrons. The predicted octanol–water partition coefficient (Wildman–Crippen LogP) is 0.723. The molecule has 0 spiro atoms. The number of para-hydroxylation sites is 1. The number of ketones is 1. The number of Topliss-reactive ketones (excluding diaryl/α,β-unsaturated/α-hetero) is 1. The number of sulfonamides is 1. The number of phenolic OH excluding ortho intramolecular Hbond substituents is 1. The Bertz CT molecular complexity index is 1000. The van der Waals surface area contributed by atoms with Crippen molar-refractivity contribution in [1.29, 1.82) is 0 Å². The van der Waals surface area contributed by atoms with Gasteiger partial charge < -0.3 is 5.11 Å². The molecule has 0 aliphatic heterocycles. The van der Waals surface area contributed by atoms with Gasteiger partial charge in [-0.25, -0.2) is 8.42 Å². The fraction of sp³-hybridized carbons (Fsp3) is 0.167. The molecule has 0 bridgehead atoms. The average molecular weight is 405 g/mol. The average Bonchev–Trinajstić information content (AvgIpc) is 2.65. The number of carbonyl (C=O) groups is 3. The molecule has 0 fully saturated rings. The Hall–Kier alpha value is -3.24. The number of aromatic hydroxyl groups is 1. The summed E-state index contributed by atoms with van der Waals surface area (Å²) in [6.07, 6.45) is 0. The highest BCUT2D eigenvalue weighted by Gasteiger charge is 2.23. The van der Waals surface area contributed by atoms with E-state index in [2.05, 4.69) is 15.6 Å². The molecule has 0 radical (unpaired) electrons. The first kappa shape index (κ1) is 21.1. The van der Waals surface area contributed by atoms with Crippen LogP contribution in [0.5, 0.6) is 5.75 Å². The van der Waals surface area contributed by atoms with E-state index in [0.717, 1.165) is 0 Å². The van der Waals surface area contributed by atoms with Gasteiger partial charge >= 0.3 is 0 Å². The Balaban J connectivity index is 1.98. The zero-order chi connectivity index (χ0) is 20.9. The summed E-state index contributed by atoms with van der Waals surface area (Å²) in [5.74, 6) is -2.05. The van der Waals surface area contributed by atoms with E-state index in [4.69, 9.17) is 0 Å². The maximum absolute atomic E-state index is 12.3. The van der Waals surface area contributed by atoms with Gasteiger partial charge in [0.05, 0.1) is 16.5 Å². The van der Waals surface area contributed by atoms with Crippen LogP contribution >= 0.6 is 0 Å². The van der Waals surface area contributed by atoms with Gasteiger partial charge in [0, 0.05) is 5.56 Å². The van der Waals surface area contributed by atoms with Crippen LogP contribution in [0, 0.1) is 0 Å². The minimum absolute atomic E-state index is 0.0541. The van der Waals surface area contributed by atoms with Crippen molar-refractivity contribution in [2.75, 3.05) is 0 Å². The molecule has 28 heavy (non-hydrogen) atoms. The number of carbonyl (C=O) groups excluding carboxylic acids is 3. The first-order valence-electron chi connectivity index (χ1n) is 8.13. The van der Waals surface area contributed by atoms with Gasteiger partial charge in [0.2, 0.25) is 10.0 Å². The Morgan fingerprint density at radius 2 is 1.57 bits per heavy atom. The normalized spacial score (nSPS) is 12.1. The monoisotopic (exact) mass is 405 g/mol. The third-order valence-electron chi connectivity index (χ3n) is 3.74. The molecule has 10 heteroatoms. The molecule has 0 aliphatic rings. The summed E-state index contributed by atoms with van der Waals surface area (Å²) in [6.45, 7) is 2.65. The van der Waals surface area contributed by atoms with E-state index in [9.17, 15) is 27.9 Å². The van der Waals surface area contributed by atoms with Gasteiger partial charge in [-0.05, 0) is 38.1 Å². The molecule has 0 aromatic heterocycles. The van der Waals surface area contributed by atoms with Crippen molar-refractivity contribution >= 4 is 27.6 Å². The molecule has 9 nitrogen and oxygen atoms in total. The summed E-state index contributed by atoms with van der Waals surface area (Å²) in [6, 6.07) is 9.77. The van der Waals surface area contributed by atoms with E-state index in [-0.39, 0.29) is 22.0 Å². The topological polar surface area (TPSA) is 142 Å². The second-order valence-electron chi connectivity index (χ2n) is 5.88. The summed E-state index contributed by atoms with van der Waals surface area (Å²) in [5, 5.41) is 9.60. The van der Waals surface area contributed by atoms with Gasteiger partial charge in [-0.15, -0.1) is 0 Å². The van der Waals surface area contributed by atoms with Gasteiger partial charge in [-0.1, -0.05) is 24.3 Å². The van der Waals surface area contributed by atoms with Crippen LogP contribution in [-0.2, 0) is 14.8 Å². The lowest BCUT2D eigenvalue weighted by Crippen LogP contribution is -2.51. The summed E-state index contributed by atoms with van der Waals surface area (Å²) in [5.41, 5.74) is 4.48. The highest BCUT2D eigenvalue weighted by atomic mass is 32.2. The fourth-order valence-electron chi connectivity index (χ4n) is 2.18. The van der Waals surface area contributed by atoms with E-state index in [1.807, 2.05) is 0 Å². The number of hydrazine groups is 1. The molecule has 0 saturated heterocycles. The Kier molecular flexibility index (Phi) is 6.49. The number of rotatable bonds is 6. The standard InChI is InChI=1S/C18H19N3O6S/c1-11(17(24)19-20-18(25)15-5-3-4-6-16(15)23)21-28(26,27)14-9-7-13(8-10-14)12(2)22/h3-11,21,23H,1-2H3,(H,19,24)(H,20,25)/t11-/m0/s1. The van der Waals surface area contributed by atoms with Crippen LogP contribution in [0.1, 0.15) is 34.6 Å². The van der Waals surface area contributed by atoms with E-state index < -0.39 is 27.9 Å². The highest BCUT2D eigenvalue weighted by Crippen LogP contribution is 2.15. The van der Waals surface area contributed by atoms with Gasteiger partial charge in [-0.2, -0.15) is 4.72 Å². The molecule has 2 aromatic carbocycles. The maximum atomic E-state index is 12.3. The quantitative estimate of drug-likeness (QED) is 0.412. The number of amides is 2. The third kappa shape index (κ3) is 5.15. The van der Waals surface area contributed by atoms with Crippen LogP contribution in [0.4, 0.5) is 0 Å². The first-order valence-corrected chi connectivity index (χ1v) is 9.61. The second kappa shape index (κ2) is 8.63. The molecular weight excluding hydrogens is 386 g/mol. The van der Waals surface area contributed by atoms with Gasteiger partial charge in [0.1, 0.15) is 5.75 Å². The largest absolute Gasteiger partial charge is 0.507 e. The fourth-order valence-corrected chi connectivity index (χ4v) is 3.39.